The fourth-order valence-corrected chi connectivity index (χ4v) is 6.92. The maximum Gasteiger partial charge on any atom is 0.410 e. The van der Waals surface area contributed by atoms with Crippen LogP contribution in [0.2, 0.25) is 0 Å². The largest absolute Gasteiger partial charge is 0.492 e. The molecule has 0 aromatic heterocycles. The molecule has 0 N–H and O–H groups in total. The van der Waals surface area contributed by atoms with Crippen LogP contribution in [0.15, 0.2) is 103 Å². The molecule has 3 aliphatic rings. The Labute approximate surface area is 251 Å². The van der Waals surface area contributed by atoms with Crippen LogP contribution in [0, 0.1) is 0 Å². The summed E-state index contributed by atoms with van der Waals surface area (Å²) in [6.45, 7) is 5.81. The van der Waals surface area contributed by atoms with Crippen molar-refractivity contribution in [2.75, 3.05) is 31.2 Å². The molecule has 7 rings (SSSR count). The first-order chi connectivity index (χ1) is 20.9. The van der Waals surface area contributed by atoms with E-state index in [0.29, 0.717) is 44.2 Å². The molecule has 218 valence electrons. The number of amides is 2. The van der Waals surface area contributed by atoms with E-state index >= 15 is 4.79 Å². The number of carbonyl (C=O) groups excluding carboxylic acids is 2. The SMILES string of the molecule is CC1(C)CC2(C(=O)N(C(c3ccccc3)c3ccccc3)c3ccccc32)c2ccc(OCCN3CCOC3=O)cc2O1. The molecule has 7 heteroatoms. The first-order valence-corrected chi connectivity index (χ1v) is 14.8. The molecule has 0 radical (unpaired) electrons. The maximum atomic E-state index is 15.2. The van der Waals surface area contributed by atoms with E-state index in [1.807, 2.05) is 85.5 Å². The van der Waals surface area contributed by atoms with Crippen molar-refractivity contribution >= 4 is 17.7 Å². The molecule has 7 nitrogen and oxygen atoms in total. The van der Waals surface area contributed by atoms with Gasteiger partial charge in [-0.05, 0) is 42.7 Å². The standard InChI is InChI=1S/C36H34N2O5/c1-35(2)24-36(29-18-17-27(23-31(29)43-35)41-21-19-37-20-22-42-34(37)40)28-15-9-10-16-30(28)38(33(36)39)32(25-11-5-3-6-12-25)26-13-7-4-8-14-26/h3-18,23,32H,19-22,24H2,1-2H3. The molecule has 4 aromatic carbocycles. The minimum absolute atomic E-state index is 0.0326. The molecule has 0 saturated carbocycles. The molecule has 3 aliphatic heterocycles. The van der Waals surface area contributed by atoms with E-state index in [2.05, 4.69) is 36.4 Å². The van der Waals surface area contributed by atoms with Gasteiger partial charge >= 0.3 is 6.09 Å². The summed E-state index contributed by atoms with van der Waals surface area (Å²) in [5.74, 6) is 1.29. The van der Waals surface area contributed by atoms with Crippen LogP contribution in [0.5, 0.6) is 11.5 Å². The summed E-state index contributed by atoms with van der Waals surface area (Å²) in [7, 11) is 0. The summed E-state index contributed by atoms with van der Waals surface area (Å²) in [4.78, 5) is 30.6. The molecule has 1 saturated heterocycles. The Morgan fingerprint density at radius 3 is 2.19 bits per heavy atom. The van der Waals surface area contributed by atoms with Crippen LogP contribution >= 0.6 is 0 Å². The lowest BCUT2D eigenvalue weighted by molar-refractivity contribution is -0.124. The Kier molecular flexibility index (Phi) is 6.61. The van der Waals surface area contributed by atoms with E-state index in [4.69, 9.17) is 14.2 Å². The van der Waals surface area contributed by atoms with Gasteiger partial charge in [-0.3, -0.25) is 9.69 Å². The first kappa shape index (κ1) is 27.1. The summed E-state index contributed by atoms with van der Waals surface area (Å²) in [6.07, 6.45) is 0.181. The topological polar surface area (TPSA) is 68.3 Å². The number of para-hydroxylation sites is 1. The quantitative estimate of drug-likeness (QED) is 0.252. The number of nitrogens with zero attached hydrogens (tertiary/aromatic N) is 2. The molecule has 43 heavy (non-hydrogen) atoms. The monoisotopic (exact) mass is 574 g/mol. The van der Waals surface area contributed by atoms with Gasteiger partial charge in [-0.25, -0.2) is 4.79 Å². The van der Waals surface area contributed by atoms with Crippen LogP contribution < -0.4 is 14.4 Å². The van der Waals surface area contributed by atoms with E-state index in [1.54, 1.807) is 4.90 Å². The molecule has 1 atom stereocenters. The first-order valence-electron chi connectivity index (χ1n) is 14.8. The van der Waals surface area contributed by atoms with Gasteiger partial charge in [0.25, 0.3) is 0 Å². The highest BCUT2D eigenvalue weighted by molar-refractivity contribution is 6.12. The van der Waals surface area contributed by atoms with E-state index < -0.39 is 11.0 Å². The highest BCUT2D eigenvalue weighted by Crippen LogP contribution is 2.58. The van der Waals surface area contributed by atoms with Gasteiger partial charge in [0.1, 0.15) is 35.7 Å². The number of hydrogen-bond acceptors (Lipinski definition) is 5. The fourth-order valence-electron chi connectivity index (χ4n) is 6.92. The van der Waals surface area contributed by atoms with Gasteiger partial charge in [0.05, 0.1) is 19.1 Å². The van der Waals surface area contributed by atoms with E-state index in [0.717, 1.165) is 27.9 Å². The van der Waals surface area contributed by atoms with Crippen molar-refractivity contribution in [2.45, 2.75) is 37.3 Å². The van der Waals surface area contributed by atoms with Gasteiger partial charge in [-0.2, -0.15) is 0 Å². The van der Waals surface area contributed by atoms with Crippen LogP contribution in [0.4, 0.5) is 10.5 Å². The number of cyclic esters (lactones) is 1. The molecule has 3 heterocycles. The number of fused-ring (bicyclic) bond motifs is 4. The van der Waals surface area contributed by atoms with Gasteiger partial charge in [-0.15, -0.1) is 0 Å². The Hall–Kier alpha value is -4.78. The Morgan fingerprint density at radius 1 is 0.837 bits per heavy atom. The highest BCUT2D eigenvalue weighted by atomic mass is 16.6. The molecular weight excluding hydrogens is 540 g/mol. The zero-order valence-electron chi connectivity index (χ0n) is 24.4. The fraction of sp³-hybridized carbons (Fsp3) is 0.278. The number of hydrogen-bond donors (Lipinski definition) is 0. The van der Waals surface area contributed by atoms with Crippen molar-refractivity contribution in [1.29, 1.82) is 0 Å². The lowest BCUT2D eigenvalue weighted by Crippen LogP contribution is -2.51. The van der Waals surface area contributed by atoms with Gasteiger partial charge in [0.2, 0.25) is 5.91 Å². The minimum Gasteiger partial charge on any atom is -0.492 e. The number of anilines is 1. The third-order valence-corrected chi connectivity index (χ3v) is 8.66. The van der Waals surface area contributed by atoms with E-state index in [9.17, 15) is 4.79 Å². The van der Waals surface area contributed by atoms with Crippen LogP contribution in [-0.4, -0.2) is 48.8 Å². The third-order valence-electron chi connectivity index (χ3n) is 8.66. The molecular formula is C36H34N2O5. The predicted octanol–water partition coefficient (Wildman–Crippen LogP) is 6.50. The Balaban J connectivity index is 1.31. The number of rotatable bonds is 7. The average Bonchev–Trinajstić information content (AvgIpc) is 3.52. The van der Waals surface area contributed by atoms with Crippen LogP contribution in [0.25, 0.3) is 0 Å². The maximum absolute atomic E-state index is 15.2. The second-order valence-electron chi connectivity index (χ2n) is 12.0. The van der Waals surface area contributed by atoms with Crippen molar-refractivity contribution in [1.82, 2.24) is 4.90 Å². The van der Waals surface area contributed by atoms with Crippen LogP contribution in [0.3, 0.4) is 0 Å². The molecule has 1 spiro atoms. The Bertz CT molecular complexity index is 1630. The molecule has 1 unspecified atom stereocenters. The van der Waals surface area contributed by atoms with Crippen molar-refractivity contribution in [3.8, 4) is 11.5 Å². The summed E-state index contributed by atoms with van der Waals surface area (Å²) >= 11 is 0. The molecule has 4 aromatic rings. The third kappa shape index (κ3) is 4.60. The van der Waals surface area contributed by atoms with E-state index in [1.165, 1.54) is 0 Å². The number of carbonyl (C=O) groups is 2. The van der Waals surface area contributed by atoms with Crippen molar-refractivity contribution in [2.24, 2.45) is 0 Å². The summed E-state index contributed by atoms with van der Waals surface area (Å²) in [6, 6.07) is 34.1. The van der Waals surface area contributed by atoms with Gasteiger partial charge in [-0.1, -0.05) is 84.9 Å². The van der Waals surface area contributed by atoms with Crippen molar-refractivity contribution in [3.63, 3.8) is 0 Å². The molecule has 1 fully saturated rings. The summed E-state index contributed by atoms with van der Waals surface area (Å²) < 4.78 is 17.6. The second-order valence-corrected chi connectivity index (χ2v) is 12.0. The minimum atomic E-state index is -0.937. The van der Waals surface area contributed by atoms with Gasteiger partial charge in [0.15, 0.2) is 0 Å². The van der Waals surface area contributed by atoms with Gasteiger partial charge < -0.3 is 19.1 Å². The van der Waals surface area contributed by atoms with Crippen LogP contribution in [0.1, 0.15) is 48.6 Å². The van der Waals surface area contributed by atoms with Gasteiger partial charge in [0, 0.05) is 23.7 Å². The van der Waals surface area contributed by atoms with E-state index in [-0.39, 0.29) is 18.0 Å². The normalized spacial score (nSPS) is 20.2. The second kappa shape index (κ2) is 10.5. The zero-order valence-corrected chi connectivity index (χ0v) is 24.4. The average molecular weight is 575 g/mol. The summed E-state index contributed by atoms with van der Waals surface area (Å²) in [5, 5.41) is 0. The number of ether oxygens (including phenoxy) is 3. The highest BCUT2D eigenvalue weighted by Gasteiger charge is 2.59. The lowest BCUT2D eigenvalue weighted by atomic mass is 9.67. The predicted molar refractivity (Wildman–Crippen MR) is 164 cm³/mol. The smallest absolute Gasteiger partial charge is 0.410 e. The molecule has 2 amide bonds. The molecule has 0 aliphatic carbocycles. The lowest BCUT2D eigenvalue weighted by Gasteiger charge is -2.44. The molecule has 0 bridgehead atoms. The number of benzene rings is 4. The Morgan fingerprint density at radius 2 is 1.51 bits per heavy atom. The van der Waals surface area contributed by atoms with Crippen LogP contribution in [-0.2, 0) is 14.9 Å². The summed E-state index contributed by atoms with van der Waals surface area (Å²) in [5.41, 5.74) is 3.26. The zero-order chi connectivity index (χ0) is 29.6. The van der Waals surface area contributed by atoms with Crippen molar-refractivity contribution < 1.29 is 23.8 Å². The van der Waals surface area contributed by atoms with Crippen molar-refractivity contribution in [3.05, 3.63) is 125 Å².